The first-order valence-electron chi connectivity index (χ1n) is 10.3. The molecule has 2 atom stereocenters. The Morgan fingerprint density at radius 3 is 2.64 bits per heavy atom. The van der Waals surface area contributed by atoms with Gasteiger partial charge >= 0.3 is 0 Å². The zero-order chi connectivity index (χ0) is 22.8. The Balaban J connectivity index is 1.38. The molecule has 0 radical (unpaired) electrons. The van der Waals surface area contributed by atoms with Crippen molar-refractivity contribution >= 4 is 23.5 Å². The van der Waals surface area contributed by atoms with E-state index in [1.54, 1.807) is 13.0 Å². The predicted molar refractivity (Wildman–Crippen MR) is 121 cm³/mol. The number of anilines is 1. The summed E-state index contributed by atoms with van der Waals surface area (Å²) in [5.74, 6) is 2.72. The Hall–Kier alpha value is -3.79. The van der Waals surface area contributed by atoms with Crippen LogP contribution in [0.5, 0.6) is 11.5 Å². The molecule has 0 saturated heterocycles. The van der Waals surface area contributed by atoms with E-state index in [1.807, 2.05) is 66.2 Å². The highest BCUT2D eigenvalue weighted by Crippen LogP contribution is 2.38. The number of thioether (sulfide) groups is 1. The van der Waals surface area contributed by atoms with Gasteiger partial charge in [-0.05, 0) is 24.6 Å². The highest BCUT2D eigenvalue weighted by molar-refractivity contribution is 8.00. The first-order chi connectivity index (χ1) is 16.1. The van der Waals surface area contributed by atoms with Crippen LogP contribution in [-0.2, 0) is 11.8 Å². The van der Waals surface area contributed by atoms with Crippen LogP contribution in [0.15, 0.2) is 70.3 Å². The average Bonchev–Trinajstić information content (AvgIpc) is 3.42. The standard InChI is InChI=1S/C23H21N5O4S/c1-14-12-19(27-32-14)24-22(29)20(15-8-4-3-5-9-15)33-23-26-25-21(28(23)2)18-13-30-16-10-6-7-11-17(16)31-18/h3-12,18,20H,13H2,1-2H3,(H,24,27,29)/t18-,20-/m1/s1. The largest absolute Gasteiger partial charge is 0.485 e. The first kappa shape index (κ1) is 21.1. The second-order valence-corrected chi connectivity index (χ2v) is 8.56. The van der Waals surface area contributed by atoms with E-state index in [2.05, 4.69) is 20.7 Å². The van der Waals surface area contributed by atoms with E-state index in [0.29, 0.717) is 40.7 Å². The van der Waals surface area contributed by atoms with Gasteiger partial charge in [-0.25, -0.2) is 0 Å². The van der Waals surface area contributed by atoms with Crippen molar-refractivity contribution in [2.45, 2.75) is 23.4 Å². The molecule has 0 fully saturated rings. The number of aryl methyl sites for hydroxylation is 1. The number of fused-ring (bicyclic) bond motifs is 1. The quantitative estimate of drug-likeness (QED) is 0.426. The molecular formula is C23H21N5O4S. The van der Waals surface area contributed by atoms with E-state index >= 15 is 0 Å². The van der Waals surface area contributed by atoms with Crippen molar-refractivity contribution in [3.63, 3.8) is 0 Å². The molecule has 4 aromatic rings. The van der Waals surface area contributed by atoms with E-state index in [0.717, 1.165) is 5.56 Å². The third-order valence-electron chi connectivity index (χ3n) is 5.11. The van der Waals surface area contributed by atoms with Gasteiger partial charge in [-0.2, -0.15) is 0 Å². The van der Waals surface area contributed by atoms with Gasteiger partial charge in [0.1, 0.15) is 17.6 Å². The molecule has 1 N–H and O–H groups in total. The summed E-state index contributed by atoms with van der Waals surface area (Å²) < 4.78 is 18.8. The van der Waals surface area contributed by atoms with Crippen molar-refractivity contribution in [1.82, 2.24) is 19.9 Å². The van der Waals surface area contributed by atoms with E-state index in [4.69, 9.17) is 14.0 Å². The average molecular weight is 464 g/mol. The maximum atomic E-state index is 13.2. The van der Waals surface area contributed by atoms with E-state index in [1.165, 1.54) is 11.8 Å². The van der Waals surface area contributed by atoms with Gasteiger partial charge in [0, 0.05) is 13.1 Å². The van der Waals surface area contributed by atoms with Crippen LogP contribution in [-0.4, -0.2) is 32.4 Å². The lowest BCUT2D eigenvalue weighted by Gasteiger charge is -2.25. The normalized spacial score (nSPS) is 15.8. The molecule has 1 amide bonds. The molecule has 3 heterocycles. The van der Waals surface area contributed by atoms with Crippen LogP contribution >= 0.6 is 11.8 Å². The van der Waals surface area contributed by atoms with Gasteiger partial charge in [-0.3, -0.25) is 4.79 Å². The van der Waals surface area contributed by atoms with Gasteiger partial charge < -0.3 is 23.9 Å². The van der Waals surface area contributed by atoms with Crippen molar-refractivity contribution in [3.8, 4) is 11.5 Å². The monoisotopic (exact) mass is 463 g/mol. The fourth-order valence-electron chi connectivity index (χ4n) is 3.48. The lowest BCUT2D eigenvalue weighted by Crippen LogP contribution is -2.24. The molecule has 9 nitrogen and oxygen atoms in total. The number of carbonyl (C=O) groups excluding carboxylic acids is 1. The summed E-state index contributed by atoms with van der Waals surface area (Å²) in [5, 5.41) is 15.3. The maximum Gasteiger partial charge on any atom is 0.243 e. The summed E-state index contributed by atoms with van der Waals surface area (Å²) in [4.78, 5) is 13.2. The van der Waals surface area contributed by atoms with Gasteiger partial charge in [-0.15, -0.1) is 10.2 Å². The zero-order valence-corrected chi connectivity index (χ0v) is 18.8. The van der Waals surface area contributed by atoms with Gasteiger partial charge in [0.2, 0.25) is 5.91 Å². The van der Waals surface area contributed by atoms with E-state index in [-0.39, 0.29) is 5.91 Å². The molecular weight excluding hydrogens is 442 g/mol. The predicted octanol–water partition coefficient (Wildman–Crippen LogP) is 4.10. The zero-order valence-electron chi connectivity index (χ0n) is 18.0. The van der Waals surface area contributed by atoms with Gasteiger partial charge in [0.05, 0.1) is 0 Å². The van der Waals surface area contributed by atoms with Crippen molar-refractivity contribution in [1.29, 1.82) is 0 Å². The van der Waals surface area contributed by atoms with Crippen molar-refractivity contribution in [2.75, 3.05) is 11.9 Å². The lowest BCUT2D eigenvalue weighted by molar-refractivity contribution is -0.115. The molecule has 168 valence electrons. The highest BCUT2D eigenvalue weighted by atomic mass is 32.2. The third-order valence-corrected chi connectivity index (χ3v) is 6.40. The van der Waals surface area contributed by atoms with Gasteiger partial charge in [-0.1, -0.05) is 59.4 Å². The minimum Gasteiger partial charge on any atom is -0.485 e. The van der Waals surface area contributed by atoms with Crippen molar-refractivity contribution in [3.05, 3.63) is 77.8 Å². The smallest absolute Gasteiger partial charge is 0.243 e. The first-order valence-corrected chi connectivity index (χ1v) is 11.2. The van der Waals surface area contributed by atoms with Crippen LogP contribution in [0, 0.1) is 6.92 Å². The minimum atomic E-state index is -0.580. The number of hydrogen-bond acceptors (Lipinski definition) is 8. The van der Waals surface area contributed by atoms with Crippen molar-refractivity contribution in [2.24, 2.45) is 7.05 Å². The molecule has 0 bridgehead atoms. The number of para-hydroxylation sites is 2. The molecule has 2 aromatic heterocycles. The van der Waals surface area contributed by atoms with Crippen molar-refractivity contribution < 1.29 is 18.8 Å². The second-order valence-electron chi connectivity index (χ2n) is 7.48. The van der Waals surface area contributed by atoms with E-state index in [9.17, 15) is 4.79 Å². The lowest BCUT2D eigenvalue weighted by atomic mass is 10.1. The summed E-state index contributed by atoms with van der Waals surface area (Å²) >= 11 is 1.30. The Morgan fingerprint density at radius 2 is 1.88 bits per heavy atom. The van der Waals surface area contributed by atoms with Crippen LogP contribution < -0.4 is 14.8 Å². The number of ether oxygens (including phenoxy) is 2. The molecule has 1 aliphatic rings. The summed E-state index contributed by atoms with van der Waals surface area (Å²) in [7, 11) is 1.85. The molecule has 33 heavy (non-hydrogen) atoms. The van der Waals surface area contributed by atoms with Gasteiger partial charge in [0.15, 0.2) is 34.4 Å². The number of carbonyl (C=O) groups is 1. The number of rotatable bonds is 6. The highest BCUT2D eigenvalue weighted by Gasteiger charge is 2.30. The number of amides is 1. The summed E-state index contributed by atoms with van der Waals surface area (Å²) in [6.07, 6.45) is -0.408. The number of nitrogens with zero attached hydrogens (tertiary/aromatic N) is 4. The van der Waals surface area contributed by atoms with E-state index < -0.39 is 11.4 Å². The van der Waals surface area contributed by atoms with Crippen LogP contribution in [0.2, 0.25) is 0 Å². The Kier molecular flexibility index (Phi) is 5.74. The molecule has 2 aromatic carbocycles. The molecule has 1 aliphatic heterocycles. The third kappa shape index (κ3) is 4.42. The Labute approximate surface area is 194 Å². The van der Waals surface area contributed by atoms with Crippen LogP contribution in [0.1, 0.15) is 28.5 Å². The molecule has 10 heteroatoms. The van der Waals surface area contributed by atoms with Gasteiger partial charge in [0.25, 0.3) is 0 Å². The van der Waals surface area contributed by atoms with Crippen LogP contribution in [0.4, 0.5) is 5.82 Å². The summed E-state index contributed by atoms with van der Waals surface area (Å²) in [6.45, 7) is 2.09. The molecule has 5 rings (SSSR count). The maximum absolute atomic E-state index is 13.2. The Morgan fingerprint density at radius 1 is 1.12 bits per heavy atom. The molecule has 0 unspecified atom stereocenters. The van der Waals surface area contributed by atoms with Crippen LogP contribution in [0.25, 0.3) is 0 Å². The SMILES string of the molecule is Cc1cc(NC(=O)[C@H](Sc2nnc([C@H]3COc4ccccc4O3)n2C)c2ccccc2)no1. The fourth-order valence-corrected chi connectivity index (χ4v) is 4.49. The second kappa shape index (κ2) is 8.99. The number of benzene rings is 2. The summed E-state index contributed by atoms with van der Waals surface area (Å²) in [6, 6.07) is 18.7. The topological polar surface area (TPSA) is 104 Å². The molecule has 0 aliphatic carbocycles. The number of nitrogens with one attached hydrogen (secondary N) is 1. The number of hydrogen-bond donors (Lipinski definition) is 1. The fraction of sp³-hybridized carbons (Fsp3) is 0.217. The minimum absolute atomic E-state index is 0.241. The summed E-state index contributed by atoms with van der Waals surface area (Å²) in [5.41, 5.74) is 0.830. The molecule has 0 spiro atoms. The molecule has 0 saturated carbocycles. The Bertz CT molecular complexity index is 1270. The van der Waals surface area contributed by atoms with Crippen LogP contribution in [0.3, 0.4) is 0 Å². The number of aromatic nitrogens is 4.